The largest absolute Gasteiger partial charge is 0.494 e. The van der Waals surface area contributed by atoms with Gasteiger partial charge in [0.05, 0.1) is 44.7 Å². The second-order valence-electron chi connectivity index (χ2n) is 7.11. The lowest BCUT2D eigenvalue weighted by Crippen LogP contribution is -2.33. The van der Waals surface area contributed by atoms with Gasteiger partial charge in [0.25, 0.3) is 0 Å². The Morgan fingerprint density at radius 1 is 1.03 bits per heavy atom. The molecule has 0 spiro atoms. The Labute approximate surface area is 182 Å². The van der Waals surface area contributed by atoms with E-state index in [9.17, 15) is 10.2 Å². The minimum Gasteiger partial charge on any atom is -0.494 e. The van der Waals surface area contributed by atoms with Gasteiger partial charge in [0.15, 0.2) is 0 Å². The second-order valence-corrected chi connectivity index (χ2v) is 7.51. The highest BCUT2D eigenvalue weighted by Gasteiger charge is 2.29. The maximum Gasteiger partial charge on any atom is 0.119 e. The number of rotatable bonds is 7. The zero-order chi connectivity index (χ0) is 21.9. The molecule has 0 amide bonds. The van der Waals surface area contributed by atoms with Crippen LogP contribution in [0.5, 0.6) is 5.75 Å². The number of aliphatic hydroxyl groups is 4. The fraction of sp³-hybridized carbons (Fsp3) is 0.478. The lowest BCUT2D eigenvalue weighted by molar-refractivity contribution is -0.113. The summed E-state index contributed by atoms with van der Waals surface area (Å²) in [6, 6.07) is 13.8. The van der Waals surface area contributed by atoms with E-state index in [0.29, 0.717) is 30.9 Å². The maximum absolute atomic E-state index is 10.0. The van der Waals surface area contributed by atoms with E-state index in [4.69, 9.17) is 31.3 Å². The van der Waals surface area contributed by atoms with Gasteiger partial charge in [0, 0.05) is 17.9 Å². The van der Waals surface area contributed by atoms with Crippen molar-refractivity contribution in [3.8, 4) is 5.75 Å². The van der Waals surface area contributed by atoms with Crippen molar-refractivity contribution < 1.29 is 29.9 Å². The molecule has 1 saturated heterocycles. The first kappa shape index (κ1) is 24.6. The third-order valence-corrected chi connectivity index (χ3v) is 5.12. The standard InChI is InChI=1S/C21H25ClO4.C2H6O2/c1-2-25-18-6-3-14(4-7-18)9-16-10-15(5-8-20(16)22)21-12-17(24)11-19(13-23)26-21;3-1-2-4/h3-8,10,17,19,21,23-24H,2,9,11-13H2,1H3;3-4H,1-2H2. The normalized spacial score (nSPS) is 20.9. The Bertz CT molecular complexity index is 750. The highest BCUT2D eigenvalue weighted by Crippen LogP contribution is 2.33. The van der Waals surface area contributed by atoms with Crippen molar-refractivity contribution >= 4 is 11.6 Å². The third kappa shape index (κ3) is 7.54. The molecular weight excluding hydrogens is 408 g/mol. The van der Waals surface area contributed by atoms with E-state index in [2.05, 4.69) is 0 Å². The molecule has 0 aliphatic carbocycles. The topological polar surface area (TPSA) is 99.4 Å². The van der Waals surface area contributed by atoms with E-state index in [0.717, 1.165) is 22.4 Å². The molecular formula is C23H31ClO6. The molecule has 0 aromatic heterocycles. The van der Waals surface area contributed by atoms with Crippen LogP contribution in [0.4, 0.5) is 0 Å². The quantitative estimate of drug-likeness (QED) is 0.530. The predicted octanol–water partition coefficient (Wildman–Crippen LogP) is 2.87. The van der Waals surface area contributed by atoms with Gasteiger partial charge >= 0.3 is 0 Å². The first-order valence-electron chi connectivity index (χ1n) is 10.2. The second kappa shape index (κ2) is 12.9. The lowest BCUT2D eigenvalue weighted by Gasteiger charge is -2.32. The zero-order valence-corrected chi connectivity index (χ0v) is 18.0. The van der Waals surface area contributed by atoms with Crippen molar-refractivity contribution in [1.29, 1.82) is 0 Å². The molecule has 0 radical (unpaired) electrons. The number of ether oxygens (including phenoxy) is 2. The van der Waals surface area contributed by atoms with Gasteiger partial charge in [-0.2, -0.15) is 0 Å². The Kier molecular flexibility index (Phi) is 10.6. The van der Waals surface area contributed by atoms with E-state index in [1.54, 1.807) is 0 Å². The molecule has 166 valence electrons. The van der Waals surface area contributed by atoms with Gasteiger partial charge in [-0.05, 0) is 48.2 Å². The van der Waals surface area contributed by atoms with Crippen LogP contribution in [-0.4, -0.2) is 59.1 Å². The summed E-state index contributed by atoms with van der Waals surface area (Å²) in [4.78, 5) is 0. The average molecular weight is 439 g/mol. The van der Waals surface area contributed by atoms with E-state index in [1.807, 2.05) is 49.4 Å². The van der Waals surface area contributed by atoms with Crippen molar-refractivity contribution in [2.24, 2.45) is 0 Å². The number of hydrogen-bond acceptors (Lipinski definition) is 6. The fourth-order valence-electron chi connectivity index (χ4n) is 3.34. The first-order valence-corrected chi connectivity index (χ1v) is 10.5. The summed E-state index contributed by atoms with van der Waals surface area (Å²) >= 11 is 6.40. The summed E-state index contributed by atoms with van der Waals surface area (Å²) in [6.45, 7) is 2.28. The van der Waals surface area contributed by atoms with Crippen LogP contribution < -0.4 is 4.74 Å². The Hall–Kier alpha value is -1.67. The number of halogens is 1. The van der Waals surface area contributed by atoms with E-state index in [-0.39, 0.29) is 32.0 Å². The molecule has 1 aliphatic rings. The average Bonchev–Trinajstić information content (AvgIpc) is 2.76. The molecule has 3 rings (SSSR count). The van der Waals surface area contributed by atoms with E-state index >= 15 is 0 Å². The van der Waals surface area contributed by atoms with Gasteiger partial charge in [-0.15, -0.1) is 0 Å². The summed E-state index contributed by atoms with van der Waals surface area (Å²) in [5.41, 5.74) is 3.13. The first-order chi connectivity index (χ1) is 14.5. The van der Waals surface area contributed by atoms with E-state index < -0.39 is 6.10 Å². The summed E-state index contributed by atoms with van der Waals surface area (Å²) in [6.07, 6.45) is 0.690. The monoisotopic (exact) mass is 438 g/mol. The Morgan fingerprint density at radius 3 is 2.33 bits per heavy atom. The Balaban J connectivity index is 0.000000735. The van der Waals surface area contributed by atoms with Crippen molar-refractivity contribution in [2.45, 2.75) is 44.5 Å². The van der Waals surface area contributed by atoms with Gasteiger partial charge < -0.3 is 29.9 Å². The molecule has 0 bridgehead atoms. The molecule has 3 atom stereocenters. The summed E-state index contributed by atoms with van der Waals surface area (Å²) in [5, 5.41) is 35.4. The van der Waals surface area contributed by atoms with Gasteiger partial charge in [0.1, 0.15) is 5.75 Å². The molecule has 1 heterocycles. The lowest BCUT2D eigenvalue weighted by atomic mass is 9.94. The number of hydrogen-bond donors (Lipinski definition) is 4. The molecule has 6 nitrogen and oxygen atoms in total. The van der Waals surface area contributed by atoms with Crippen molar-refractivity contribution in [1.82, 2.24) is 0 Å². The molecule has 7 heteroatoms. The van der Waals surface area contributed by atoms with Crippen LogP contribution in [0.15, 0.2) is 42.5 Å². The molecule has 0 saturated carbocycles. The zero-order valence-electron chi connectivity index (χ0n) is 17.2. The van der Waals surface area contributed by atoms with Crippen LogP contribution >= 0.6 is 11.6 Å². The molecule has 30 heavy (non-hydrogen) atoms. The van der Waals surface area contributed by atoms with Gasteiger partial charge in [-0.1, -0.05) is 35.9 Å². The van der Waals surface area contributed by atoms with Crippen LogP contribution in [0.3, 0.4) is 0 Å². The minimum atomic E-state index is -0.462. The molecule has 2 aromatic carbocycles. The summed E-state index contributed by atoms with van der Waals surface area (Å²) in [7, 11) is 0. The highest BCUT2D eigenvalue weighted by atomic mass is 35.5. The summed E-state index contributed by atoms with van der Waals surface area (Å²) < 4.78 is 11.4. The van der Waals surface area contributed by atoms with Crippen molar-refractivity contribution in [2.75, 3.05) is 26.4 Å². The number of aliphatic hydroxyl groups excluding tert-OH is 4. The minimum absolute atomic E-state index is 0.0831. The molecule has 1 fully saturated rings. The summed E-state index contributed by atoms with van der Waals surface area (Å²) in [5.74, 6) is 0.857. The molecule has 1 aliphatic heterocycles. The molecule has 3 unspecified atom stereocenters. The van der Waals surface area contributed by atoms with E-state index in [1.165, 1.54) is 0 Å². The Morgan fingerprint density at radius 2 is 1.73 bits per heavy atom. The predicted molar refractivity (Wildman–Crippen MR) is 116 cm³/mol. The van der Waals surface area contributed by atoms with Crippen molar-refractivity contribution in [3.63, 3.8) is 0 Å². The molecule has 2 aromatic rings. The van der Waals surface area contributed by atoms with Crippen molar-refractivity contribution in [3.05, 3.63) is 64.2 Å². The smallest absolute Gasteiger partial charge is 0.119 e. The van der Waals surface area contributed by atoms with Gasteiger partial charge in [-0.25, -0.2) is 0 Å². The van der Waals surface area contributed by atoms with Crippen LogP contribution in [0.2, 0.25) is 5.02 Å². The highest BCUT2D eigenvalue weighted by molar-refractivity contribution is 6.31. The van der Waals surface area contributed by atoms with Crippen LogP contribution in [0.25, 0.3) is 0 Å². The van der Waals surface area contributed by atoms with Gasteiger partial charge in [0.2, 0.25) is 0 Å². The van der Waals surface area contributed by atoms with Crippen LogP contribution in [-0.2, 0) is 11.2 Å². The van der Waals surface area contributed by atoms with Crippen LogP contribution in [0, 0.1) is 0 Å². The maximum atomic E-state index is 10.0. The SMILES string of the molecule is CCOc1ccc(Cc2cc(C3CC(O)CC(CO)O3)ccc2Cl)cc1.OCCO. The van der Waals surface area contributed by atoms with Crippen LogP contribution in [0.1, 0.15) is 42.6 Å². The van der Waals surface area contributed by atoms with Gasteiger partial charge in [-0.3, -0.25) is 0 Å². The molecule has 4 N–H and O–H groups in total. The number of benzene rings is 2. The third-order valence-electron chi connectivity index (χ3n) is 4.75. The fourth-order valence-corrected chi connectivity index (χ4v) is 3.53.